The van der Waals surface area contributed by atoms with Crippen LogP contribution in [0.5, 0.6) is 5.75 Å². The van der Waals surface area contributed by atoms with E-state index in [0.717, 1.165) is 5.56 Å². The van der Waals surface area contributed by atoms with Gasteiger partial charge in [0.05, 0.1) is 13.1 Å². The Balaban J connectivity index is 1.90. The molecule has 6 heteroatoms. The molecule has 0 spiro atoms. The molecule has 0 aliphatic rings. The molecule has 0 saturated carbocycles. The second-order valence-electron chi connectivity index (χ2n) is 5.36. The minimum Gasteiger partial charge on any atom is -0.482 e. The van der Waals surface area contributed by atoms with Gasteiger partial charge >= 0.3 is 0 Å². The third-order valence-corrected chi connectivity index (χ3v) is 3.01. The summed E-state index contributed by atoms with van der Waals surface area (Å²) in [6.45, 7) is 0.744. The fourth-order valence-corrected chi connectivity index (χ4v) is 1.90. The lowest BCUT2D eigenvalue weighted by Crippen LogP contribution is -2.32. The molecule has 23 heavy (non-hydrogen) atoms. The lowest BCUT2D eigenvalue weighted by molar-refractivity contribution is -0.121. The lowest BCUT2D eigenvalue weighted by Gasteiger charge is -2.10. The average Bonchev–Trinajstić information content (AvgIpc) is 2.52. The number of carbonyl (C=O) groups excluding carboxylic acids is 1. The molecule has 0 unspecified atom stereocenters. The van der Waals surface area contributed by atoms with E-state index < -0.39 is 0 Å². The molecule has 6 nitrogen and oxygen atoms in total. The molecule has 0 bridgehead atoms. The fourth-order valence-electron chi connectivity index (χ4n) is 1.90. The van der Waals surface area contributed by atoms with Gasteiger partial charge in [-0.2, -0.15) is 0 Å². The van der Waals surface area contributed by atoms with E-state index in [1.807, 2.05) is 30.3 Å². The number of rotatable bonds is 7. The Morgan fingerprint density at radius 1 is 1.26 bits per heavy atom. The quantitative estimate of drug-likeness (QED) is 0.836. The number of ether oxygens (including phenoxy) is 1. The first kappa shape index (κ1) is 16.8. The summed E-state index contributed by atoms with van der Waals surface area (Å²) in [5, 5.41) is 2.68. The predicted octanol–water partition coefficient (Wildman–Crippen LogP) is 1.40. The van der Waals surface area contributed by atoms with Crippen molar-refractivity contribution in [3.8, 4) is 5.75 Å². The maximum atomic E-state index is 12.0. The number of nitrogens with zero attached hydrogens (tertiary/aromatic N) is 1. The summed E-state index contributed by atoms with van der Waals surface area (Å²) < 4.78 is 10.8. The predicted molar refractivity (Wildman–Crippen MR) is 86.2 cm³/mol. The zero-order valence-corrected chi connectivity index (χ0v) is 13.2. The molecule has 1 aromatic carbocycles. The van der Waals surface area contributed by atoms with Gasteiger partial charge in [0.1, 0.15) is 18.6 Å². The van der Waals surface area contributed by atoms with Crippen LogP contribution >= 0.6 is 0 Å². The summed E-state index contributed by atoms with van der Waals surface area (Å²) in [5.41, 5.74) is 0.691. The summed E-state index contributed by atoms with van der Waals surface area (Å²) in [7, 11) is 3.61. The second-order valence-corrected chi connectivity index (χ2v) is 5.36. The molecule has 1 amide bonds. The summed E-state index contributed by atoms with van der Waals surface area (Å²) in [6, 6.07) is 10.9. The van der Waals surface area contributed by atoms with Crippen molar-refractivity contribution in [3.05, 3.63) is 64.2 Å². The van der Waals surface area contributed by atoms with Gasteiger partial charge in [-0.25, -0.2) is 0 Å². The molecule has 0 saturated heterocycles. The van der Waals surface area contributed by atoms with Crippen molar-refractivity contribution < 1.29 is 13.9 Å². The van der Waals surface area contributed by atoms with E-state index in [1.165, 1.54) is 12.3 Å². The van der Waals surface area contributed by atoms with Gasteiger partial charge in [0.2, 0.25) is 17.1 Å². The molecule has 122 valence electrons. The molecular weight excluding hydrogens is 296 g/mol. The number of amides is 1. The van der Waals surface area contributed by atoms with Crippen molar-refractivity contribution in [2.24, 2.45) is 0 Å². The van der Waals surface area contributed by atoms with Crippen LogP contribution < -0.4 is 15.5 Å². The van der Waals surface area contributed by atoms with Crippen LogP contribution in [-0.2, 0) is 17.9 Å². The summed E-state index contributed by atoms with van der Waals surface area (Å²) in [4.78, 5) is 25.3. The Morgan fingerprint density at radius 2 is 2.00 bits per heavy atom. The fraction of sp³-hybridized carbons (Fsp3) is 0.294. The molecule has 0 aliphatic heterocycles. The molecule has 2 rings (SSSR count). The normalized spacial score (nSPS) is 10.6. The van der Waals surface area contributed by atoms with Crippen LogP contribution in [-0.4, -0.2) is 31.4 Å². The maximum Gasteiger partial charge on any atom is 0.234 e. The SMILES string of the molecule is CN(C)CC(=O)NCc1cc(=O)c(OCc2ccccc2)co1. The van der Waals surface area contributed by atoms with Crippen LogP contribution in [0.25, 0.3) is 0 Å². The molecule has 0 aliphatic carbocycles. The van der Waals surface area contributed by atoms with Crippen LogP contribution in [0.2, 0.25) is 0 Å². The first-order chi connectivity index (χ1) is 11.0. The van der Waals surface area contributed by atoms with Crippen LogP contribution in [0.1, 0.15) is 11.3 Å². The van der Waals surface area contributed by atoms with E-state index in [4.69, 9.17) is 9.15 Å². The Morgan fingerprint density at radius 3 is 2.65 bits per heavy atom. The maximum absolute atomic E-state index is 12.0. The monoisotopic (exact) mass is 316 g/mol. The van der Waals surface area contributed by atoms with Crippen molar-refractivity contribution in [1.82, 2.24) is 10.2 Å². The van der Waals surface area contributed by atoms with Crippen molar-refractivity contribution in [2.75, 3.05) is 20.6 Å². The summed E-state index contributed by atoms with van der Waals surface area (Å²) >= 11 is 0. The average molecular weight is 316 g/mol. The number of likely N-dealkylation sites (N-methyl/N-ethyl adjacent to an activating group) is 1. The van der Waals surface area contributed by atoms with Gasteiger partial charge in [0, 0.05) is 6.07 Å². The van der Waals surface area contributed by atoms with Gasteiger partial charge in [-0.3, -0.25) is 9.59 Å². The van der Waals surface area contributed by atoms with E-state index in [-0.39, 0.29) is 30.2 Å². The van der Waals surface area contributed by atoms with Gasteiger partial charge in [-0.05, 0) is 19.7 Å². The molecular formula is C17H20N2O4. The van der Waals surface area contributed by atoms with Gasteiger partial charge in [-0.15, -0.1) is 0 Å². The summed E-state index contributed by atoms with van der Waals surface area (Å²) in [6.07, 6.45) is 1.28. The minimum absolute atomic E-state index is 0.137. The van der Waals surface area contributed by atoms with Crippen LogP contribution in [0.3, 0.4) is 0 Å². The van der Waals surface area contributed by atoms with E-state index in [9.17, 15) is 9.59 Å². The number of benzene rings is 1. The van der Waals surface area contributed by atoms with E-state index in [2.05, 4.69) is 5.32 Å². The highest BCUT2D eigenvalue weighted by molar-refractivity contribution is 5.77. The first-order valence-corrected chi connectivity index (χ1v) is 7.24. The molecule has 1 heterocycles. The van der Waals surface area contributed by atoms with Crippen molar-refractivity contribution in [1.29, 1.82) is 0 Å². The Bertz CT molecular complexity index is 695. The third-order valence-electron chi connectivity index (χ3n) is 3.01. The molecule has 2 aromatic rings. The Labute approximate surface area is 134 Å². The zero-order valence-electron chi connectivity index (χ0n) is 13.2. The Kier molecular flexibility index (Phi) is 5.94. The third kappa shape index (κ3) is 5.60. The molecule has 1 N–H and O–H groups in total. The lowest BCUT2D eigenvalue weighted by atomic mass is 10.2. The highest BCUT2D eigenvalue weighted by atomic mass is 16.5. The van der Waals surface area contributed by atoms with E-state index in [0.29, 0.717) is 12.4 Å². The van der Waals surface area contributed by atoms with E-state index in [1.54, 1.807) is 19.0 Å². The number of nitrogens with one attached hydrogen (secondary N) is 1. The van der Waals surface area contributed by atoms with Crippen molar-refractivity contribution >= 4 is 5.91 Å². The van der Waals surface area contributed by atoms with Crippen molar-refractivity contribution in [3.63, 3.8) is 0 Å². The Hall–Kier alpha value is -2.60. The van der Waals surface area contributed by atoms with Crippen LogP contribution in [0, 0.1) is 0 Å². The molecule has 1 aromatic heterocycles. The van der Waals surface area contributed by atoms with Gasteiger partial charge in [0.15, 0.2) is 0 Å². The number of hydrogen-bond acceptors (Lipinski definition) is 5. The highest BCUT2D eigenvalue weighted by Gasteiger charge is 2.07. The largest absolute Gasteiger partial charge is 0.482 e. The van der Waals surface area contributed by atoms with Crippen LogP contribution in [0.15, 0.2) is 51.9 Å². The highest BCUT2D eigenvalue weighted by Crippen LogP contribution is 2.09. The molecule has 0 atom stereocenters. The van der Waals surface area contributed by atoms with Crippen LogP contribution in [0.4, 0.5) is 0 Å². The van der Waals surface area contributed by atoms with Gasteiger partial charge in [-0.1, -0.05) is 30.3 Å². The minimum atomic E-state index is -0.274. The van der Waals surface area contributed by atoms with Gasteiger partial charge < -0.3 is 19.4 Å². The summed E-state index contributed by atoms with van der Waals surface area (Å²) in [5.74, 6) is 0.397. The first-order valence-electron chi connectivity index (χ1n) is 7.24. The smallest absolute Gasteiger partial charge is 0.234 e. The number of hydrogen-bond donors (Lipinski definition) is 1. The topological polar surface area (TPSA) is 71.8 Å². The van der Waals surface area contributed by atoms with Crippen molar-refractivity contribution in [2.45, 2.75) is 13.2 Å². The zero-order chi connectivity index (χ0) is 16.7. The molecule has 0 fully saturated rings. The standard InChI is InChI=1S/C17H20N2O4/c1-19(2)10-17(21)18-9-14-8-15(20)16(12-22-14)23-11-13-6-4-3-5-7-13/h3-8,12H,9-11H2,1-2H3,(H,18,21). The number of carbonyl (C=O) groups is 1. The van der Waals surface area contributed by atoms with E-state index >= 15 is 0 Å². The van der Waals surface area contributed by atoms with Gasteiger partial charge in [0.25, 0.3) is 0 Å². The second kappa shape index (κ2) is 8.14. The molecule has 0 radical (unpaired) electrons.